The number of carboxylic acid groups (broad SMARTS) is 2. The third-order valence-corrected chi connectivity index (χ3v) is 0. The summed E-state index contributed by atoms with van der Waals surface area (Å²) in [6, 6.07) is 0. The smallest absolute Gasteiger partial charge is 0.530 e. The van der Waals surface area contributed by atoms with Gasteiger partial charge in [-0.25, -0.2) is 0 Å². The molecule has 0 saturated carbocycles. The van der Waals surface area contributed by atoms with Crippen molar-refractivity contribution in [2.24, 2.45) is 11.5 Å². The topological polar surface area (TPSA) is 164 Å². The van der Waals surface area contributed by atoms with Crippen molar-refractivity contribution < 1.29 is 25.3 Å². The normalized spacial score (nSPS) is 4.80. The third kappa shape index (κ3) is 6140. The summed E-state index contributed by atoms with van der Waals surface area (Å²) in [5, 5.41) is 17.3. The Kier molecular flexibility index (Phi) is 35.9. The van der Waals surface area contributed by atoms with Gasteiger partial charge in [0.15, 0.2) is 0 Å². The van der Waals surface area contributed by atoms with Crippen LogP contribution >= 0.6 is 0 Å². The number of amides is 2. The molecule has 6 N–H and O–H groups in total. The molecule has 0 aliphatic rings. The predicted octanol–water partition coefficient (Wildman–Crippen LogP) is -4.63. The van der Waals surface area contributed by atoms with Gasteiger partial charge in [0.25, 0.3) is 0 Å². The zero-order chi connectivity index (χ0) is 7.15. The molecule has 0 saturated heterocycles. The molecule has 7 nitrogen and oxygen atoms in total. The van der Waals surface area contributed by atoms with Gasteiger partial charge in [0.05, 0.1) is 0 Å². The van der Waals surface area contributed by atoms with E-state index < -0.39 is 12.2 Å². The first-order chi connectivity index (χ1) is 3.46. The maximum atomic E-state index is 8.67. The summed E-state index contributed by atoms with van der Waals surface area (Å²) < 4.78 is 0. The Morgan fingerprint density at radius 2 is 1.00 bits per heavy atom. The zero-order valence-corrected chi connectivity index (χ0v) is 7.20. The minimum Gasteiger partial charge on any atom is -0.530 e. The Labute approximate surface area is 86.3 Å². The molecule has 0 aromatic heterocycles. The van der Waals surface area contributed by atoms with E-state index in [2.05, 4.69) is 11.5 Å². The molecule has 0 bridgehead atoms. The second-order valence-electron chi connectivity index (χ2n) is 0.638. The number of hydrogen-bond donors (Lipinski definition) is 2. The fraction of sp³-hybridized carbons (Fsp3) is 0. The van der Waals surface area contributed by atoms with Crippen LogP contribution in [-0.2, 0) is 0 Å². The SMILES string of the molecule is NC(=O)[O-].NC(=O)[O-].O.[Ca+2]. The minimum absolute atomic E-state index is 0. The van der Waals surface area contributed by atoms with Crippen molar-refractivity contribution in [1.82, 2.24) is 0 Å². The molecular weight excluding hydrogens is 172 g/mol. The van der Waals surface area contributed by atoms with Gasteiger partial charge in [0.2, 0.25) is 0 Å². The van der Waals surface area contributed by atoms with E-state index in [4.69, 9.17) is 19.8 Å². The molecule has 8 heteroatoms. The van der Waals surface area contributed by atoms with Gasteiger partial charge in [-0.15, -0.1) is 0 Å². The van der Waals surface area contributed by atoms with Crippen molar-refractivity contribution in [3.8, 4) is 0 Å². The van der Waals surface area contributed by atoms with E-state index in [-0.39, 0.29) is 43.2 Å². The van der Waals surface area contributed by atoms with Crippen LogP contribution in [0.5, 0.6) is 0 Å². The Balaban J connectivity index is -0.0000000300. The van der Waals surface area contributed by atoms with Crippen LogP contribution in [0.1, 0.15) is 0 Å². The van der Waals surface area contributed by atoms with Gasteiger partial charge in [-0.1, -0.05) is 0 Å². The van der Waals surface area contributed by atoms with Crippen LogP contribution in [0.2, 0.25) is 0 Å². The summed E-state index contributed by atoms with van der Waals surface area (Å²) in [4.78, 5) is 17.3. The van der Waals surface area contributed by atoms with Gasteiger partial charge in [0.1, 0.15) is 12.2 Å². The van der Waals surface area contributed by atoms with Crippen molar-refractivity contribution in [2.45, 2.75) is 0 Å². The van der Waals surface area contributed by atoms with E-state index in [9.17, 15) is 0 Å². The standard InChI is InChI=1S/2CH3NO2.Ca.H2O/c2*2-1(3)4;;/h2*2H2,(H,3,4);;1H2/q;;+2;/p-2. The Bertz CT molecular complexity index is 75.6. The van der Waals surface area contributed by atoms with Crippen LogP contribution in [-0.4, -0.2) is 55.4 Å². The maximum Gasteiger partial charge on any atom is 2.00 e. The predicted molar refractivity (Wildman–Crippen MR) is 28.5 cm³/mol. The first-order valence-corrected chi connectivity index (χ1v) is 1.39. The second kappa shape index (κ2) is 15.9. The van der Waals surface area contributed by atoms with Gasteiger partial charge in [-0.05, 0) is 0 Å². The molecule has 0 heterocycles. The summed E-state index contributed by atoms with van der Waals surface area (Å²) in [7, 11) is 0. The van der Waals surface area contributed by atoms with Gasteiger partial charge in [-0.2, -0.15) is 0 Å². The fourth-order valence-electron chi connectivity index (χ4n) is 0. The zero-order valence-electron chi connectivity index (χ0n) is 4.99. The van der Waals surface area contributed by atoms with Crippen LogP contribution in [0.25, 0.3) is 0 Å². The molecule has 0 spiro atoms. The Hall–Kier alpha value is -0.240. The van der Waals surface area contributed by atoms with Crippen LogP contribution in [0.3, 0.4) is 0 Å². The first kappa shape index (κ1) is 22.6. The molecule has 0 aliphatic heterocycles. The number of primary amides is 2. The summed E-state index contributed by atoms with van der Waals surface area (Å²) in [6.07, 6.45) is -3.17. The van der Waals surface area contributed by atoms with E-state index in [1.807, 2.05) is 0 Å². The van der Waals surface area contributed by atoms with E-state index in [0.717, 1.165) is 0 Å². The molecule has 2 amide bonds. The Morgan fingerprint density at radius 1 is 1.00 bits per heavy atom. The van der Waals surface area contributed by atoms with Crippen molar-refractivity contribution in [1.29, 1.82) is 0 Å². The quantitative estimate of drug-likeness (QED) is 0.356. The van der Waals surface area contributed by atoms with Crippen LogP contribution in [0, 0.1) is 0 Å². The molecule has 0 radical (unpaired) electrons. The molecule has 0 aromatic carbocycles. The van der Waals surface area contributed by atoms with Crippen LogP contribution in [0.15, 0.2) is 0 Å². The third-order valence-electron chi connectivity index (χ3n) is 0. The van der Waals surface area contributed by atoms with E-state index in [0.29, 0.717) is 0 Å². The average molecular weight is 178 g/mol. The number of carbonyl (C=O) groups is 2. The van der Waals surface area contributed by atoms with Gasteiger partial charge in [0, 0.05) is 0 Å². The number of carbonyl (C=O) groups excluding carboxylic acids is 2. The molecule has 0 aliphatic carbocycles. The van der Waals surface area contributed by atoms with Gasteiger partial charge >= 0.3 is 37.7 Å². The van der Waals surface area contributed by atoms with Crippen molar-refractivity contribution in [2.75, 3.05) is 0 Å². The molecule has 10 heavy (non-hydrogen) atoms. The number of hydrogen-bond acceptors (Lipinski definition) is 4. The van der Waals surface area contributed by atoms with Crippen molar-refractivity contribution >= 4 is 49.9 Å². The van der Waals surface area contributed by atoms with E-state index in [1.165, 1.54) is 0 Å². The maximum absolute atomic E-state index is 8.67. The van der Waals surface area contributed by atoms with Crippen LogP contribution in [0.4, 0.5) is 9.59 Å². The Morgan fingerprint density at radius 3 is 1.00 bits per heavy atom. The van der Waals surface area contributed by atoms with Gasteiger partial charge in [-0.3, -0.25) is 0 Å². The van der Waals surface area contributed by atoms with Gasteiger partial charge < -0.3 is 36.7 Å². The summed E-state index contributed by atoms with van der Waals surface area (Å²) in [5.41, 5.74) is 7.83. The summed E-state index contributed by atoms with van der Waals surface area (Å²) in [5.74, 6) is 0. The monoisotopic (exact) mass is 178 g/mol. The average Bonchev–Trinajstić information content (AvgIpc) is 1.25. The largest absolute Gasteiger partial charge is 2.00 e. The molecule has 0 fully saturated rings. The van der Waals surface area contributed by atoms with Crippen LogP contribution < -0.4 is 21.7 Å². The van der Waals surface area contributed by atoms with Crippen molar-refractivity contribution in [3.63, 3.8) is 0 Å². The molecule has 56 valence electrons. The second-order valence-corrected chi connectivity index (χ2v) is 0.638. The molecule has 0 atom stereocenters. The van der Waals surface area contributed by atoms with E-state index in [1.54, 1.807) is 0 Å². The first-order valence-electron chi connectivity index (χ1n) is 1.39. The molecule has 0 aromatic rings. The number of rotatable bonds is 0. The number of nitrogens with two attached hydrogens (primary N) is 2. The summed E-state index contributed by atoms with van der Waals surface area (Å²) >= 11 is 0. The molecular formula is C2H6CaN2O5. The van der Waals surface area contributed by atoms with Crippen molar-refractivity contribution in [3.05, 3.63) is 0 Å². The molecule has 0 unspecified atom stereocenters. The molecule has 0 rings (SSSR count). The minimum atomic E-state index is -1.58. The van der Waals surface area contributed by atoms with E-state index >= 15 is 0 Å². The fourth-order valence-corrected chi connectivity index (χ4v) is 0. The summed E-state index contributed by atoms with van der Waals surface area (Å²) in [6.45, 7) is 0.